The summed E-state index contributed by atoms with van der Waals surface area (Å²) in [6.07, 6.45) is 0.846. The molecule has 0 saturated carbocycles. The van der Waals surface area contributed by atoms with Crippen molar-refractivity contribution in [2.45, 2.75) is 13.3 Å². The average Bonchev–Trinajstić information content (AvgIpc) is 3.00. The maximum absolute atomic E-state index is 11.8. The number of hydrogen-bond donors (Lipinski definition) is 0. The van der Waals surface area contributed by atoms with Gasteiger partial charge in [0.25, 0.3) is 0 Å². The zero-order valence-electron chi connectivity index (χ0n) is 13.4. The number of hydrogen-bond acceptors (Lipinski definition) is 4. The zero-order chi connectivity index (χ0) is 16.7. The van der Waals surface area contributed by atoms with Crippen molar-refractivity contribution in [3.63, 3.8) is 0 Å². The fourth-order valence-corrected chi connectivity index (χ4v) is 2.88. The Balaban J connectivity index is 1.98. The molecule has 1 aliphatic heterocycles. The number of methoxy groups -OCH3 is 1. The normalized spacial score (nSPS) is 11.6. The van der Waals surface area contributed by atoms with Gasteiger partial charge in [-0.05, 0) is 42.8 Å². The molecule has 5 nitrogen and oxygen atoms in total. The largest absolute Gasteiger partial charge is 0.465 e. The Kier molecular flexibility index (Phi) is 3.34. The van der Waals surface area contributed by atoms with Gasteiger partial charge in [0.1, 0.15) is 11.4 Å². The SMILES string of the molecule is CCc1cc2n(n1)-c1ccc(C(=O)OC)cc1Oc1ccccc1-2. The van der Waals surface area contributed by atoms with E-state index in [1.165, 1.54) is 7.11 Å². The molecule has 0 fully saturated rings. The highest BCUT2D eigenvalue weighted by atomic mass is 16.5. The van der Waals surface area contributed by atoms with Crippen LogP contribution in [0.1, 0.15) is 23.0 Å². The minimum atomic E-state index is -0.395. The highest BCUT2D eigenvalue weighted by Gasteiger charge is 2.23. The van der Waals surface area contributed by atoms with Gasteiger partial charge < -0.3 is 9.47 Å². The summed E-state index contributed by atoms with van der Waals surface area (Å²) in [5.41, 5.74) is 4.20. The second-order valence-corrected chi connectivity index (χ2v) is 5.56. The molecule has 3 aromatic rings. The summed E-state index contributed by atoms with van der Waals surface area (Å²) in [5, 5.41) is 4.68. The molecule has 2 heterocycles. The molecular weight excluding hydrogens is 304 g/mol. The van der Waals surface area contributed by atoms with Gasteiger partial charge in [-0.3, -0.25) is 0 Å². The van der Waals surface area contributed by atoms with Crippen molar-refractivity contribution in [2.24, 2.45) is 0 Å². The van der Waals surface area contributed by atoms with Crippen molar-refractivity contribution in [1.29, 1.82) is 0 Å². The lowest BCUT2D eigenvalue weighted by Gasteiger charge is -2.10. The van der Waals surface area contributed by atoms with E-state index in [1.807, 2.05) is 35.0 Å². The first-order valence-corrected chi connectivity index (χ1v) is 7.80. The van der Waals surface area contributed by atoms with Gasteiger partial charge in [-0.2, -0.15) is 5.10 Å². The van der Waals surface area contributed by atoms with Crippen LogP contribution in [0, 0.1) is 0 Å². The third-order valence-corrected chi connectivity index (χ3v) is 4.11. The van der Waals surface area contributed by atoms with E-state index in [-0.39, 0.29) is 0 Å². The van der Waals surface area contributed by atoms with Crippen LogP contribution < -0.4 is 4.74 Å². The lowest BCUT2D eigenvalue weighted by Crippen LogP contribution is -2.04. The number of para-hydroxylation sites is 1. The topological polar surface area (TPSA) is 53.4 Å². The third-order valence-electron chi connectivity index (χ3n) is 4.11. The average molecular weight is 320 g/mol. The summed E-state index contributed by atoms with van der Waals surface area (Å²) in [4.78, 5) is 11.8. The van der Waals surface area contributed by atoms with Crippen molar-refractivity contribution in [3.05, 3.63) is 59.8 Å². The fourth-order valence-electron chi connectivity index (χ4n) is 2.88. The molecule has 0 spiro atoms. The van der Waals surface area contributed by atoms with Gasteiger partial charge in [-0.1, -0.05) is 19.1 Å². The van der Waals surface area contributed by atoms with Crippen LogP contribution in [0.5, 0.6) is 11.5 Å². The smallest absolute Gasteiger partial charge is 0.337 e. The first kappa shape index (κ1) is 14.5. The fraction of sp³-hybridized carbons (Fsp3) is 0.158. The number of carbonyl (C=O) groups is 1. The van der Waals surface area contributed by atoms with Crippen molar-refractivity contribution in [3.8, 4) is 28.4 Å². The number of nitrogens with zero attached hydrogens (tertiary/aromatic N) is 2. The number of aromatic nitrogens is 2. The summed E-state index contributed by atoms with van der Waals surface area (Å²) in [5.74, 6) is 0.922. The first-order valence-electron chi connectivity index (χ1n) is 7.80. The molecule has 0 amide bonds. The van der Waals surface area contributed by atoms with Crippen LogP contribution in [0.15, 0.2) is 48.5 Å². The van der Waals surface area contributed by atoms with Crippen LogP contribution in [0.2, 0.25) is 0 Å². The number of fused-ring (bicyclic) bond motifs is 5. The van der Waals surface area contributed by atoms with E-state index in [0.29, 0.717) is 11.3 Å². The summed E-state index contributed by atoms with van der Waals surface area (Å²) in [6, 6.07) is 15.2. The molecule has 1 aliphatic rings. The van der Waals surface area contributed by atoms with Crippen molar-refractivity contribution in [2.75, 3.05) is 7.11 Å². The predicted molar refractivity (Wildman–Crippen MR) is 89.8 cm³/mol. The molecule has 0 atom stereocenters. The van der Waals surface area contributed by atoms with Crippen LogP contribution in [-0.2, 0) is 11.2 Å². The van der Waals surface area contributed by atoms with Crippen molar-refractivity contribution < 1.29 is 14.3 Å². The van der Waals surface area contributed by atoms with Crippen LogP contribution in [0.3, 0.4) is 0 Å². The van der Waals surface area contributed by atoms with Crippen LogP contribution >= 0.6 is 0 Å². The van der Waals surface area contributed by atoms with E-state index < -0.39 is 5.97 Å². The molecule has 0 unspecified atom stereocenters. The molecule has 5 heteroatoms. The molecule has 0 bridgehead atoms. The number of aryl methyl sites for hydroxylation is 1. The minimum absolute atomic E-state index is 0.395. The van der Waals surface area contributed by atoms with Gasteiger partial charge in [-0.25, -0.2) is 9.48 Å². The zero-order valence-corrected chi connectivity index (χ0v) is 13.4. The maximum Gasteiger partial charge on any atom is 0.337 e. The van der Waals surface area contributed by atoms with Crippen LogP contribution in [0.25, 0.3) is 16.9 Å². The number of carbonyl (C=O) groups excluding carboxylic acids is 1. The predicted octanol–water partition coefficient (Wildman–Crippen LogP) is 3.99. The van der Waals surface area contributed by atoms with Crippen LogP contribution in [-0.4, -0.2) is 22.9 Å². The van der Waals surface area contributed by atoms with Gasteiger partial charge in [0.2, 0.25) is 0 Å². The highest BCUT2D eigenvalue weighted by Crippen LogP contribution is 2.41. The minimum Gasteiger partial charge on any atom is -0.465 e. The van der Waals surface area contributed by atoms with Gasteiger partial charge >= 0.3 is 5.97 Å². The molecular formula is C19H16N2O3. The second kappa shape index (κ2) is 5.53. The van der Waals surface area contributed by atoms with E-state index in [9.17, 15) is 4.79 Å². The van der Waals surface area contributed by atoms with Crippen molar-refractivity contribution >= 4 is 5.97 Å². The molecule has 2 aromatic carbocycles. The van der Waals surface area contributed by atoms with Gasteiger partial charge in [0.15, 0.2) is 5.75 Å². The molecule has 0 N–H and O–H groups in total. The molecule has 120 valence electrons. The van der Waals surface area contributed by atoms with E-state index in [1.54, 1.807) is 12.1 Å². The molecule has 24 heavy (non-hydrogen) atoms. The number of esters is 1. The maximum atomic E-state index is 11.8. The Labute approximate surface area is 139 Å². The summed E-state index contributed by atoms with van der Waals surface area (Å²) in [7, 11) is 1.36. The highest BCUT2D eigenvalue weighted by molar-refractivity contribution is 5.90. The van der Waals surface area contributed by atoms with Gasteiger partial charge in [-0.15, -0.1) is 0 Å². The molecule has 4 rings (SSSR count). The molecule has 0 radical (unpaired) electrons. The summed E-state index contributed by atoms with van der Waals surface area (Å²) in [6.45, 7) is 2.08. The quantitative estimate of drug-likeness (QED) is 0.524. The lowest BCUT2D eigenvalue weighted by atomic mass is 10.1. The molecule has 1 aromatic heterocycles. The Morgan fingerprint density at radius 2 is 2.00 bits per heavy atom. The first-order chi connectivity index (χ1) is 11.7. The van der Waals surface area contributed by atoms with E-state index >= 15 is 0 Å². The lowest BCUT2D eigenvalue weighted by molar-refractivity contribution is 0.0600. The Morgan fingerprint density at radius 3 is 2.79 bits per heavy atom. The number of benzene rings is 2. The van der Waals surface area contributed by atoms with E-state index in [0.717, 1.165) is 34.8 Å². The van der Waals surface area contributed by atoms with E-state index in [2.05, 4.69) is 18.1 Å². The van der Waals surface area contributed by atoms with Gasteiger partial charge in [0, 0.05) is 5.56 Å². The Morgan fingerprint density at radius 1 is 1.17 bits per heavy atom. The summed E-state index contributed by atoms with van der Waals surface area (Å²) < 4.78 is 12.8. The van der Waals surface area contributed by atoms with Crippen molar-refractivity contribution in [1.82, 2.24) is 9.78 Å². The second-order valence-electron chi connectivity index (χ2n) is 5.56. The van der Waals surface area contributed by atoms with E-state index in [4.69, 9.17) is 9.47 Å². The van der Waals surface area contributed by atoms with Gasteiger partial charge in [0.05, 0.1) is 24.1 Å². The standard InChI is InChI=1S/C19H16N2O3/c1-3-13-11-16-14-6-4-5-7-17(14)24-18-10-12(19(22)23-2)8-9-15(18)21(16)20-13/h4-11H,3H2,1-2H3. The number of ether oxygens (including phenoxy) is 2. The summed E-state index contributed by atoms with van der Waals surface area (Å²) >= 11 is 0. The van der Waals surface area contributed by atoms with Crippen LogP contribution in [0.4, 0.5) is 0 Å². The molecule has 0 aliphatic carbocycles. The number of rotatable bonds is 2. The monoisotopic (exact) mass is 320 g/mol. The third kappa shape index (κ3) is 2.17. The molecule has 0 saturated heterocycles. The Bertz CT molecular complexity index is 944. The Hall–Kier alpha value is -3.08.